The molecule has 0 bridgehead atoms. The molecule has 0 aliphatic heterocycles. The first-order valence-electron chi connectivity index (χ1n) is 3.77. The smallest absolute Gasteiger partial charge is 0.254 e. The number of hydrogen-bond acceptors (Lipinski definition) is 3. The van der Waals surface area contributed by atoms with Crippen LogP contribution >= 0.6 is 0 Å². The average molecular weight is 168 g/mol. The van der Waals surface area contributed by atoms with Crippen LogP contribution in [-0.4, -0.2) is 11.2 Å². The van der Waals surface area contributed by atoms with Crippen molar-refractivity contribution in [3.05, 3.63) is 28.7 Å². The molecule has 1 rings (SSSR count). The third-order valence-electron chi connectivity index (χ3n) is 1.45. The van der Waals surface area contributed by atoms with E-state index in [0.29, 0.717) is 12.3 Å². The molecular weight excluding hydrogens is 156 g/mol. The van der Waals surface area contributed by atoms with Crippen molar-refractivity contribution < 1.29 is 4.74 Å². The van der Waals surface area contributed by atoms with E-state index in [1.54, 1.807) is 12.3 Å². The maximum Gasteiger partial charge on any atom is 0.254 e. The molecule has 0 aromatic carbocycles. The lowest BCUT2D eigenvalue weighted by Crippen LogP contribution is -2.20. The summed E-state index contributed by atoms with van der Waals surface area (Å²) in [4.78, 5) is 11.1. The van der Waals surface area contributed by atoms with E-state index in [9.17, 15) is 4.79 Å². The molecule has 0 atom stereocenters. The van der Waals surface area contributed by atoms with Gasteiger partial charge in [-0.05, 0) is 13.0 Å². The third kappa shape index (κ3) is 2.10. The summed E-state index contributed by atoms with van der Waals surface area (Å²) in [6, 6.07) is 3.04. The summed E-state index contributed by atoms with van der Waals surface area (Å²) in [5, 5.41) is 0. The van der Waals surface area contributed by atoms with Gasteiger partial charge in [0.15, 0.2) is 0 Å². The van der Waals surface area contributed by atoms with Crippen molar-refractivity contribution in [3.8, 4) is 0 Å². The maximum absolute atomic E-state index is 11.1. The lowest BCUT2D eigenvalue weighted by molar-refractivity contribution is 0.0854. The number of pyridine rings is 1. The highest BCUT2D eigenvalue weighted by atomic mass is 16.5. The van der Waals surface area contributed by atoms with E-state index in [2.05, 4.69) is 0 Å². The van der Waals surface area contributed by atoms with Gasteiger partial charge in [0.05, 0.1) is 0 Å². The fourth-order valence-electron chi connectivity index (χ4n) is 0.819. The summed E-state index contributed by atoms with van der Waals surface area (Å²) in [6.07, 6.45) is 1.62. The molecule has 4 nitrogen and oxygen atoms in total. The summed E-state index contributed by atoms with van der Waals surface area (Å²) < 4.78 is 6.52. The second-order valence-electron chi connectivity index (χ2n) is 2.39. The first-order chi connectivity index (χ1) is 5.74. The van der Waals surface area contributed by atoms with Gasteiger partial charge in [-0.2, -0.15) is 0 Å². The Balaban J connectivity index is 2.80. The quantitative estimate of drug-likeness (QED) is 0.711. The second-order valence-corrected chi connectivity index (χ2v) is 2.39. The molecular formula is C8H12N2O2. The summed E-state index contributed by atoms with van der Waals surface area (Å²) in [5.74, 6) is 0. The van der Waals surface area contributed by atoms with Gasteiger partial charge in [-0.25, -0.2) is 0 Å². The van der Waals surface area contributed by atoms with Crippen LogP contribution in [0.3, 0.4) is 0 Å². The molecule has 0 saturated carbocycles. The molecule has 0 spiro atoms. The summed E-state index contributed by atoms with van der Waals surface area (Å²) in [6.45, 7) is 2.76. The van der Waals surface area contributed by atoms with Gasteiger partial charge in [-0.15, -0.1) is 0 Å². The topological polar surface area (TPSA) is 57.2 Å². The zero-order valence-corrected chi connectivity index (χ0v) is 6.99. The molecule has 0 radical (unpaired) electrons. The minimum absolute atomic E-state index is 0.136. The number of nitrogen functional groups attached to an aromatic ring is 1. The number of ether oxygens (including phenoxy) is 1. The number of hydrogen-bond donors (Lipinski definition) is 1. The van der Waals surface area contributed by atoms with Gasteiger partial charge in [0.2, 0.25) is 0 Å². The maximum atomic E-state index is 11.1. The zero-order chi connectivity index (χ0) is 8.97. The molecule has 4 heteroatoms. The van der Waals surface area contributed by atoms with Crippen molar-refractivity contribution in [1.29, 1.82) is 0 Å². The fraction of sp³-hybridized carbons (Fsp3) is 0.375. The highest BCUT2D eigenvalue weighted by Crippen LogP contribution is 1.94. The summed E-state index contributed by atoms with van der Waals surface area (Å²) in [5.41, 5.74) is 5.75. The van der Waals surface area contributed by atoms with Crippen LogP contribution in [-0.2, 0) is 11.5 Å². The van der Waals surface area contributed by atoms with E-state index in [-0.39, 0.29) is 12.3 Å². The Bertz CT molecular complexity index is 306. The van der Waals surface area contributed by atoms with Gasteiger partial charge in [0.25, 0.3) is 5.56 Å². The Morgan fingerprint density at radius 1 is 1.67 bits per heavy atom. The van der Waals surface area contributed by atoms with Crippen LogP contribution in [0.15, 0.2) is 23.1 Å². The molecule has 0 amide bonds. The molecule has 12 heavy (non-hydrogen) atoms. The molecule has 1 heterocycles. The van der Waals surface area contributed by atoms with Crippen LogP contribution in [0.25, 0.3) is 0 Å². The lowest BCUT2D eigenvalue weighted by atomic mass is 10.4. The fourth-order valence-corrected chi connectivity index (χ4v) is 0.819. The van der Waals surface area contributed by atoms with E-state index in [4.69, 9.17) is 10.5 Å². The van der Waals surface area contributed by atoms with E-state index in [1.807, 2.05) is 6.92 Å². The summed E-state index contributed by atoms with van der Waals surface area (Å²) in [7, 11) is 0. The number of rotatable bonds is 3. The Hall–Kier alpha value is -1.29. The van der Waals surface area contributed by atoms with Crippen LogP contribution in [0.1, 0.15) is 6.92 Å². The standard InChI is InChI=1S/C8H12N2O2/c1-2-12-6-10-4-3-7(9)5-8(10)11/h3-5H,2,6,9H2,1H3. The van der Waals surface area contributed by atoms with Gasteiger partial charge in [0, 0.05) is 24.6 Å². The van der Waals surface area contributed by atoms with E-state index in [1.165, 1.54) is 10.6 Å². The molecule has 66 valence electrons. The number of nitrogens with zero attached hydrogens (tertiary/aromatic N) is 1. The van der Waals surface area contributed by atoms with Crippen molar-refractivity contribution in [3.63, 3.8) is 0 Å². The normalized spacial score (nSPS) is 10.1. The van der Waals surface area contributed by atoms with Crippen LogP contribution in [0, 0.1) is 0 Å². The third-order valence-corrected chi connectivity index (χ3v) is 1.45. The summed E-state index contributed by atoms with van der Waals surface area (Å²) >= 11 is 0. The first-order valence-corrected chi connectivity index (χ1v) is 3.77. The second kappa shape index (κ2) is 3.92. The van der Waals surface area contributed by atoms with Crippen LogP contribution in [0.2, 0.25) is 0 Å². The molecule has 0 fully saturated rings. The van der Waals surface area contributed by atoms with E-state index in [0.717, 1.165) is 0 Å². The van der Waals surface area contributed by atoms with Crippen molar-refractivity contribution >= 4 is 5.69 Å². The Kier molecular flexibility index (Phi) is 2.88. The molecule has 1 aromatic rings. The highest BCUT2D eigenvalue weighted by molar-refractivity contribution is 5.34. The van der Waals surface area contributed by atoms with Gasteiger partial charge < -0.3 is 10.5 Å². The SMILES string of the molecule is CCOCn1ccc(N)cc1=O. The Labute approximate surface area is 70.6 Å². The molecule has 2 N–H and O–H groups in total. The van der Waals surface area contributed by atoms with Gasteiger partial charge in [-0.3, -0.25) is 9.36 Å². The molecule has 0 unspecified atom stereocenters. The Morgan fingerprint density at radius 3 is 3.00 bits per heavy atom. The van der Waals surface area contributed by atoms with Crippen molar-refractivity contribution in [2.45, 2.75) is 13.7 Å². The van der Waals surface area contributed by atoms with Crippen LogP contribution in [0.5, 0.6) is 0 Å². The van der Waals surface area contributed by atoms with Crippen LogP contribution < -0.4 is 11.3 Å². The molecule has 1 aromatic heterocycles. The number of aromatic nitrogens is 1. The van der Waals surface area contributed by atoms with Gasteiger partial charge >= 0.3 is 0 Å². The number of nitrogens with two attached hydrogens (primary N) is 1. The van der Waals surface area contributed by atoms with E-state index < -0.39 is 0 Å². The van der Waals surface area contributed by atoms with Crippen molar-refractivity contribution in [2.24, 2.45) is 0 Å². The predicted molar refractivity (Wildman–Crippen MR) is 46.7 cm³/mol. The number of anilines is 1. The van der Waals surface area contributed by atoms with Gasteiger partial charge in [-0.1, -0.05) is 0 Å². The van der Waals surface area contributed by atoms with Gasteiger partial charge in [0.1, 0.15) is 6.73 Å². The minimum Gasteiger partial charge on any atom is -0.399 e. The lowest BCUT2D eigenvalue weighted by Gasteiger charge is -2.04. The zero-order valence-electron chi connectivity index (χ0n) is 6.99. The highest BCUT2D eigenvalue weighted by Gasteiger charge is 1.94. The largest absolute Gasteiger partial charge is 0.399 e. The average Bonchev–Trinajstić information content (AvgIpc) is 2.03. The van der Waals surface area contributed by atoms with Crippen molar-refractivity contribution in [2.75, 3.05) is 12.3 Å². The molecule has 0 aliphatic carbocycles. The van der Waals surface area contributed by atoms with Crippen molar-refractivity contribution in [1.82, 2.24) is 4.57 Å². The molecule has 0 aliphatic rings. The minimum atomic E-state index is -0.136. The monoisotopic (exact) mass is 168 g/mol. The predicted octanol–water partition coefficient (Wildman–Crippen LogP) is 0.425. The molecule has 0 saturated heterocycles. The van der Waals surface area contributed by atoms with E-state index >= 15 is 0 Å². The Morgan fingerprint density at radius 2 is 2.42 bits per heavy atom. The first kappa shape index (κ1) is 8.80. The van der Waals surface area contributed by atoms with Crippen LogP contribution in [0.4, 0.5) is 5.69 Å².